The SMILES string of the molecule is O=C(Nc1ccc(OC(F)F)cc1)C12C[C@H]3C[C@@H](C1)CC(n1cnc(Cl)n1)(C3)C2. The molecule has 1 N–H and O–H groups in total. The van der Waals surface area contributed by atoms with Crippen LogP contribution in [-0.4, -0.2) is 27.3 Å². The van der Waals surface area contributed by atoms with Crippen LogP contribution in [0.4, 0.5) is 14.5 Å². The van der Waals surface area contributed by atoms with Crippen molar-refractivity contribution in [2.45, 2.75) is 50.7 Å². The molecule has 2 unspecified atom stereocenters. The number of hydrogen-bond donors (Lipinski definition) is 1. The van der Waals surface area contributed by atoms with Crippen molar-refractivity contribution in [1.29, 1.82) is 0 Å². The molecular formula is C20H21ClF2N4O2. The second-order valence-electron chi connectivity index (χ2n) is 8.78. The Morgan fingerprint density at radius 1 is 1.21 bits per heavy atom. The zero-order valence-corrected chi connectivity index (χ0v) is 16.4. The number of anilines is 1. The highest BCUT2D eigenvalue weighted by Crippen LogP contribution is 2.64. The first kappa shape index (κ1) is 18.8. The van der Waals surface area contributed by atoms with Gasteiger partial charge in [0, 0.05) is 5.69 Å². The number of carbonyl (C=O) groups is 1. The summed E-state index contributed by atoms with van der Waals surface area (Å²) in [6.45, 7) is -2.87. The van der Waals surface area contributed by atoms with E-state index in [9.17, 15) is 13.6 Å². The number of nitrogens with one attached hydrogen (secondary N) is 1. The number of carbonyl (C=O) groups excluding carboxylic acids is 1. The van der Waals surface area contributed by atoms with Gasteiger partial charge >= 0.3 is 6.61 Å². The zero-order valence-electron chi connectivity index (χ0n) is 15.7. The molecule has 1 heterocycles. The van der Waals surface area contributed by atoms with Crippen LogP contribution >= 0.6 is 11.6 Å². The van der Waals surface area contributed by atoms with Gasteiger partial charge in [-0.2, -0.15) is 8.78 Å². The Balaban J connectivity index is 1.38. The minimum absolute atomic E-state index is 0.00952. The molecule has 1 amide bonds. The van der Waals surface area contributed by atoms with E-state index in [2.05, 4.69) is 20.1 Å². The van der Waals surface area contributed by atoms with Crippen LogP contribution in [0, 0.1) is 17.3 Å². The summed E-state index contributed by atoms with van der Waals surface area (Å²) in [6.07, 6.45) is 7.28. The van der Waals surface area contributed by atoms with Crippen LogP contribution in [0.2, 0.25) is 5.28 Å². The fraction of sp³-hybridized carbons (Fsp3) is 0.550. The Morgan fingerprint density at radius 2 is 1.90 bits per heavy atom. The second kappa shape index (κ2) is 6.65. The van der Waals surface area contributed by atoms with Crippen LogP contribution in [0.1, 0.15) is 38.5 Å². The van der Waals surface area contributed by atoms with Gasteiger partial charge in [0.25, 0.3) is 0 Å². The Hall–Kier alpha value is -2.22. The van der Waals surface area contributed by atoms with Gasteiger partial charge < -0.3 is 10.1 Å². The van der Waals surface area contributed by atoms with Crippen LogP contribution in [0.15, 0.2) is 30.6 Å². The molecule has 0 radical (unpaired) electrons. The summed E-state index contributed by atoms with van der Waals surface area (Å²) >= 11 is 5.97. The summed E-state index contributed by atoms with van der Waals surface area (Å²) in [4.78, 5) is 17.5. The van der Waals surface area contributed by atoms with Crippen LogP contribution < -0.4 is 10.1 Å². The smallest absolute Gasteiger partial charge is 0.387 e. The van der Waals surface area contributed by atoms with E-state index in [0.717, 1.165) is 32.1 Å². The second-order valence-corrected chi connectivity index (χ2v) is 9.12. The molecule has 154 valence electrons. The van der Waals surface area contributed by atoms with Gasteiger partial charge in [0.2, 0.25) is 11.2 Å². The van der Waals surface area contributed by atoms with Gasteiger partial charge in [0.1, 0.15) is 12.1 Å². The normalized spacial score (nSPS) is 32.6. The van der Waals surface area contributed by atoms with Crippen LogP contribution in [0.5, 0.6) is 5.75 Å². The lowest BCUT2D eigenvalue weighted by Gasteiger charge is -2.60. The van der Waals surface area contributed by atoms with Crippen molar-refractivity contribution in [3.05, 3.63) is 35.9 Å². The number of halogens is 3. The number of nitrogens with zero attached hydrogens (tertiary/aromatic N) is 3. The van der Waals surface area contributed by atoms with Crippen molar-refractivity contribution in [2.24, 2.45) is 17.3 Å². The third-order valence-electron chi connectivity index (χ3n) is 6.80. The topological polar surface area (TPSA) is 69.0 Å². The molecule has 4 aliphatic rings. The molecular weight excluding hydrogens is 402 g/mol. The van der Waals surface area contributed by atoms with E-state index in [1.54, 1.807) is 18.5 Å². The van der Waals surface area contributed by atoms with Crippen LogP contribution in [0.25, 0.3) is 0 Å². The Bertz CT molecular complexity index is 919. The average Bonchev–Trinajstić information content (AvgIpc) is 3.09. The summed E-state index contributed by atoms with van der Waals surface area (Å²) in [5.74, 6) is 1.01. The first-order valence-corrected chi connectivity index (χ1v) is 10.2. The van der Waals surface area contributed by atoms with E-state index in [1.807, 2.05) is 4.68 Å². The molecule has 9 heteroatoms. The molecule has 1 aromatic heterocycles. The summed E-state index contributed by atoms with van der Waals surface area (Å²) < 4.78 is 30.9. The maximum Gasteiger partial charge on any atom is 0.387 e. The van der Waals surface area contributed by atoms with E-state index >= 15 is 0 Å². The molecule has 4 atom stereocenters. The standard InChI is InChI=1S/C20H21ClF2N4O2/c21-17-24-11-27(26-17)20-8-12-5-13(9-20)7-19(6-12,10-20)16(28)25-14-1-3-15(4-2-14)29-18(22)23/h1-4,11-13,18H,5-10H2,(H,25,28)/t12-,13+,19?,20?. The predicted octanol–water partition coefficient (Wildman–Crippen LogP) is 4.47. The lowest BCUT2D eigenvalue weighted by atomic mass is 9.46. The lowest BCUT2D eigenvalue weighted by Crippen LogP contribution is -2.60. The summed E-state index contributed by atoms with van der Waals surface area (Å²) in [5.41, 5.74) is -0.0952. The Labute approximate surface area is 171 Å². The third kappa shape index (κ3) is 3.27. The van der Waals surface area contributed by atoms with Gasteiger partial charge in [-0.15, -0.1) is 5.10 Å². The first-order valence-electron chi connectivity index (χ1n) is 9.80. The quantitative estimate of drug-likeness (QED) is 0.772. The largest absolute Gasteiger partial charge is 0.435 e. The van der Waals surface area contributed by atoms with Crippen LogP contribution in [-0.2, 0) is 10.3 Å². The highest BCUT2D eigenvalue weighted by molar-refractivity contribution is 6.28. The predicted molar refractivity (Wildman–Crippen MR) is 102 cm³/mol. The minimum Gasteiger partial charge on any atom is -0.435 e. The summed E-state index contributed by atoms with van der Waals surface area (Å²) in [7, 11) is 0. The fourth-order valence-corrected chi connectivity index (χ4v) is 6.33. The molecule has 4 saturated carbocycles. The number of aromatic nitrogens is 3. The molecule has 4 fully saturated rings. The van der Waals surface area contributed by atoms with Crippen molar-refractivity contribution in [3.8, 4) is 5.75 Å². The van der Waals surface area contributed by atoms with Gasteiger partial charge in [-0.1, -0.05) is 0 Å². The van der Waals surface area contributed by atoms with E-state index in [0.29, 0.717) is 23.9 Å². The molecule has 4 bridgehead atoms. The van der Waals surface area contributed by atoms with Gasteiger partial charge in [0.05, 0.1) is 11.0 Å². The number of hydrogen-bond acceptors (Lipinski definition) is 4. The van der Waals surface area contributed by atoms with E-state index in [4.69, 9.17) is 11.6 Å². The molecule has 0 aliphatic heterocycles. The molecule has 4 aliphatic carbocycles. The number of ether oxygens (including phenoxy) is 1. The third-order valence-corrected chi connectivity index (χ3v) is 6.97. The van der Waals surface area contributed by atoms with Gasteiger partial charge in [-0.3, -0.25) is 4.79 Å². The van der Waals surface area contributed by atoms with Crippen molar-refractivity contribution < 1.29 is 18.3 Å². The Morgan fingerprint density at radius 3 is 2.48 bits per heavy atom. The maximum absolute atomic E-state index is 13.4. The minimum atomic E-state index is -2.87. The summed E-state index contributed by atoms with van der Waals surface area (Å²) in [5, 5.41) is 7.60. The van der Waals surface area contributed by atoms with Gasteiger partial charge in [0.15, 0.2) is 0 Å². The number of rotatable bonds is 5. The molecule has 0 spiro atoms. The van der Waals surface area contributed by atoms with Crippen molar-refractivity contribution in [1.82, 2.24) is 14.8 Å². The summed E-state index contributed by atoms with van der Waals surface area (Å²) in [6, 6.07) is 6.03. The van der Waals surface area contributed by atoms with Crippen molar-refractivity contribution in [2.75, 3.05) is 5.32 Å². The fourth-order valence-electron chi connectivity index (χ4n) is 6.20. The van der Waals surface area contributed by atoms with Crippen LogP contribution in [0.3, 0.4) is 0 Å². The Kier molecular flexibility index (Phi) is 4.31. The number of benzene rings is 1. The molecule has 0 saturated heterocycles. The molecule has 29 heavy (non-hydrogen) atoms. The van der Waals surface area contributed by atoms with Gasteiger partial charge in [-0.25, -0.2) is 9.67 Å². The number of alkyl halides is 2. The highest BCUT2D eigenvalue weighted by Gasteiger charge is 2.61. The maximum atomic E-state index is 13.4. The lowest BCUT2D eigenvalue weighted by molar-refractivity contribution is -0.150. The molecule has 1 aromatic carbocycles. The highest BCUT2D eigenvalue weighted by atomic mass is 35.5. The van der Waals surface area contributed by atoms with E-state index in [-0.39, 0.29) is 22.5 Å². The van der Waals surface area contributed by atoms with E-state index < -0.39 is 12.0 Å². The van der Waals surface area contributed by atoms with Gasteiger partial charge in [-0.05, 0) is 86.2 Å². The van der Waals surface area contributed by atoms with Crippen molar-refractivity contribution >= 4 is 23.2 Å². The zero-order chi connectivity index (χ0) is 20.2. The molecule has 6 nitrogen and oxygen atoms in total. The number of amides is 1. The van der Waals surface area contributed by atoms with Crippen molar-refractivity contribution in [3.63, 3.8) is 0 Å². The molecule has 2 aromatic rings. The van der Waals surface area contributed by atoms with E-state index in [1.165, 1.54) is 12.1 Å². The first-order chi connectivity index (χ1) is 13.9. The monoisotopic (exact) mass is 422 g/mol. The average molecular weight is 423 g/mol. The molecule has 6 rings (SSSR count).